The lowest BCUT2D eigenvalue weighted by atomic mass is 9.98. The quantitative estimate of drug-likeness (QED) is 0.822. The van der Waals surface area contributed by atoms with E-state index in [0.29, 0.717) is 11.3 Å². The molecule has 0 atom stereocenters. The molecule has 0 aromatic heterocycles. The number of nitrogens with one attached hydrogen (secondary N) is 1. The Kier molecular flexibility index (Phi) is 3.94. The maximum Gasteiger partial charge on any atom is 0.417 e. The first-order chi connectivity index (χ1) is 9.39. The van der Waals surface area contributed by atoms with Gasteiger partial charge in [-0.1, -0.05) is 36.4 Å². The third-order valence-corrected chi connectivity index (χ3v) is 2.81. The van der Waals surface area contributed by atoms with E-state index in [0.717, 1.165) is 6.07 Å². The molecule has 0 unspecified atom stereocenters. The second kappa shape index (κ2) is 5.50. The molecule has 2 rings (SSSR count). The standard InChI is InChI=1S/C14H11F3N2S/c15-14(16,17)11-7-3-1-5-9(11)10-6-2-4-8-12(10)19-13(18)20/h1-8H,(H3,18,19,20). The van der Waals surface area contributed by atoms with Crippen LogP contribution in [0.25, 0.3) is 11.1 Å². The van der Waals surface area contributed by atoms with Gasteiger partial charge < -0.3 is 11.1 Å². The van der Waals surface area contributed by atoms with E-state index in [9.17, 15) is 13.2 Å². The lowest BCUT2D eigenvalue weighted by Crippen LogP contribution is -2.19. The highest BCUT2D eigenvalue weighted by molar-refractivity contribution is 7.80. The highest BCUT2D eigenvalue weighted by Gasteiger charge is 2.33. The first-order valence-corrected chi connectivity index (χ1v) is 6.12. The van der Waals surface area contributed by atoms with Gasteiger partial charge in [0.25, 0.3) is 0 Å². The van der Waals surface area contributed by atoms with Crippen molar-refractivity contribution >= 4 is 23.0 Å². The summed E-state index contributed by atoms with van der Waals surface area (Å²) in [6.07, 6.45) is -4.42. The van der Waals surface area contributed by atoms with Crippen LogP contribution in [0.1, 0.15) is 5.56 Å². The Labute approximate surface area is 119 Å². The number of anilines is 1. The van der Waals surface area contributed by atoms with Gasteiger partial charge in [0, 0.05) is 11.3 Å². The Morgan fingerprint density at radius 1 is 0.950 bits per heavy atom. The van der Waals surface area contributed by atoms with Crippen molar-refractivity contribution in [3.8, 4) is 11.1 Å². The van der Waals surface area contributed by atoms with Crippen LogP contribution in [0.2, 0.25) is 0 Å². The Hall–Kier alpha value is -2.08. The molecule has 0 bridgehead atoms. The number of thiocarbonyl (C=S) groups is 1. The van der Waals surface area contributed by atoms with E-state index in [4.69, 9.17) is 18.0 Å². The zero-order valence-electron chi connectivity index (χ0n) is 10.2. The van der Waals surface area contributed by atoms with Gasteiger partial charge in [-0.3, -0.25) is 0 Å². The summed E-state index contributed by atoms with van der Waals surface area (Å²) in [4.78, 5) is 0. The van der Waals surface area contributed by atoms with Crippen LogP contribution < -0.4 is 11.1 Å². The largest absolute Gasteiger partial charge is 0.417 e. The minimum Gasteiger partial charge on any atom is -0.376 e. The van der Waals surface area contributed by atoms with Gasteiger partial charge in [-0.15, -0.1) is 0 Å². The molecule has 3 N–H and O–H groups in total. The first-order valence-electron chi connectivity index (χ1n) is 5.71. The summed E-state index contributed by atoms with van der Waals surface area (Å²) in [6, 6.07) is 12.0. The van der Waals surface area contributed by atoms with Crippen molar-refractivity contribution in [3.63, 3.8) is 0 Å². The number of benzene rings is 2. The topological polar surface area (TPSA) is 38.0 Å². The summed E-state index contributed by atoms with van der Waals surface area (Å²) in [7, 11) is 0. The van der Waals surface area contributed by atoms with Crippen molar-refractivity contribution in [2.24, 2.45) is 5.73 Å². The fourth-order valence-electron chi connectivity index (χ4n) is 1.92. The van der Waals surface area contributed by atoms with Gasteiger partial charge in [-0.05, 0) is 29.9 Å². The lowest BCUT2D eigenvalue weighted by molar-refractivity contribution is -0.137. The van der Waals surface area contributed by atoms with Gasteiger partial charge in [0.2, 0.25) is 0 Å². The molecule has 0 heterocycles. The van der Waals surface area contributed by atoms with Crippen LogP contribution in [0, 0.1) is 0 Å². The first kappa shape index (κ1) is 14.3. The third-order valence-electron chi connectivity index (χ3n) is 2.71. The number of nitrogens with two attached hydrogens (primary N) is 1. The molecule has 2 nitrogen and oxygen atoms in total. The molecule has 6 heteroatoms. The van der Waals surface area contributed by atoms with Crippen molar-refractivity contribution in [3.05, 3.63) is 54.1 Å². The molecule has 0 fully saturated rings. The molecule has 2 aromatic rings. The summed E-state index contributed by atoms with van der Waals surface area (Å²) >= 11 is 4.74. The molecule has 0 saturated carbocycles. The Balaban J connectivity index is 2.61. The smallest absolute Gasteiger partial charge is 0.376 e. The monoisotopic (exact) mass is 296 g/mol. The molecule has 20 heavy (non-hydrogen) atoms. The molecule has 0 aliphatic carbocycles. The molecule has 0 radical (unpaired) electrons. The van der Waals surface area contributed by atoms with Gasteiger partial charge in [-0.2, -0.15) is 13.2 Å². The van der Waals surface area contributed by atoms with E-state index in [1.165, 1.54) is 12.1 Å². The minimum absolute atomic E-state index is 0.00180. The van der Waals surface area contributed by atoms with Crippen LogP contribution in [0.3, 0.4) is 0 Å². The molecule has 0 aliphatic heterocycles. The van der Waals surface area contributed by atoms with Gasteiger partial charge >= 0.3 is 6.18 Å². The van der Waals surface area contributed by atoms with Crippen LogP contribution in [0.15, 0.2) is 48.5 Å². The number of para-hydroxylation sites is 1. The molecule has 0 spiro atoms. The van der Waals surface area contributed by atoms with E-state index in [-0.39, 0.29) is 10.7 Å². The van der Waals surface area contributed by atoms with E-state index in [2.05, 4.69) is 5.32 Å². The van der Waals surface area contributed by atoms with E-state index in [1.807, 2.05) is 0 Å². The zero-order valence-corrected chi connectivity index (χ0v) is 11.1. The maximum atomic E-state index is 13.1. The average molecular weight is 296 g/mol. The average Bonchev–Trinajstić information content (AvgIpc) is 2.38. The van der Waals surface area contributed by atoms with Crippen LogP contribution in [0.4, 0.5) is 18.9 Å². The molecule has 0 amide bonds. The maximum absolute atomic E-state index is 13.1. The van der Waals surface area contributed by atoms with Gasteiger partial charge in [0.1, 0.15) is 0 Å². The minimum atomic E-state index is -4.42. The van der Waals surface area contributed by atoms with Crippen LogP contribution in [0.5, 0.6) is 0 Å². The Morgan fingerprint density at radius 3 is 2.10 bits per heavy atom. The Morgan fingerprint density at radius 2 is 1.50 bits per heavy atom. The van der Waals surface area contributed by atoms with Gasteiger partial charge in [0.15, 0.2) is 5.11 Å². The molecular weight excluding hydrogens is 285 g/mol. The molecule has 0 aliphatic rings. The molecular formula is C14H11F3N2S. The van der Waals surface area contributed by atoms with Crippen molar-refractivity contribution in [1.82, 2.24) is 0 Å². The number of alkyl halides is 3. The highest BCUT2D eigenvalue weighted by Crippen LogP contribution is 2.39. The summed E-state index contributed by atoms with van der Waals surface area (Å²) in [5.41, 5.74) is 5.62. The van der Waals surface area contributed by atoms with Crippen molar-refractivity contribution in [2.45, 2.75) is 6.18 Å². The molecule has 104 valence electrons. The molecule has 0 saturated heterocycles. The van der Waals surface area contributed by atoms with Crippen LogP contribution >= 0.6 is 12.2 Å². The number of rotatable bonds is 2. The van der Waals surface area contributed by atoms with E-state index >= 15 is 0 Å². The van der Waals surface area contributed by atoms with Crippen LogP contribution in [-0.2, 0) is 6.18 Å². The van der Waals surface area contributed by atoms with Gasteiger partial charge in [0.05, 0.1) is 5.56 Å². The van der Waals surface area contributed by atoms with E-state index < -0.39 is 11.7 Å². The summed E-state index contributed by atoms with van der Waals surface area (Å²) in [6.45, 7) is 0. The third kappa shape index (κ3) is 3.08. The Bertz CT molecular complexity index is 638. The predicted molar refractivity (Wildman–Crippen MR) is 77.3 cm³/mol. The lowest BCUT2D eigenvalue weighted by Gasteiger charge is -2.16. The summed E-state index contributed by atoms with van der Waals surface area (Å²) in [5.74, 6) is 0. The van der Waals surface area contributed by atoms with Crippen molar-refractivity contribution < 1.29 is 13.2 Å². The normalized spacial score (nSPS) is 11.2. The second-order valence-electron chi connectivity index (χ2n) is 4.08. The van der Waals surface area contributed by atoms with Crippen molar-refractivity contribution in [2.75, 3.05) is 5.32 Å². The summed E-state index contributed by atoms with van der Waals surface area (Å²) < 4.78 is 39.2. The fourth-order valence-corrected chi connectivity index (χ4v) is 2.03. The summed E-state index contributed by atoms with van der Waals surface area (Å²) in [5, 5.41) is 2.69. The van der Waals surface area contributed by atoms with Gasteiger partial charge in [-0.25, -0.2) is 0 Å². The van der Waals surface area contributed by atoms with Crippen molar-refractivity contribution in [1.29, 1.82) is 0 Å². The predicted octanol–water partition coefficient (Wildman–Crippen LogP) is 4.03. The number of hydrogen-bond acceptors (Lipinski definition) is 1. The van der Waals surface area contributed by atoms with Crippen LogP contribution in [-0.4, -0.2) is 5.11 Å². The van der Waals surface area contributed by atoms with E-state index in [1.54, 1.807) is 30.3 Å². The number of halogens is 3. The number of hydrogen-bond donors (Lipinski definition) is 2. The second-order valence-corrected chi connectivity index (χ2v) is 4.52. The molecule has 2 aromatic carbocycles. The highest BCUT2D eigenvalue weighted by atomic mass is 32.1. The fraction of sp³-hybridized carbons (Fsp3) is 0.0714. The SMILES string of the molecule is NC(=S)Nc1ccccc1-c1ccccc1C(F)(F)F. The zero-order chi connectivity index (χ0) is 14.8.